The van der Waals surface area contributed by atoms with Gasteiger partial charge in [0.05, 0.1) is 37.4 Å². The number of methoxy groups -OCH3 is 1. The molecule has 3 rings (SSSR count). The van der Waals surface area contributed by atoms with E-state index >= 15 is 0 Å². The number of carbonyl (C=O) groups is 1. The Kier molecular flexibility index (Phi) is 21.7. The highest BCUT2D eigenvalue weighted by atomic mass is 28.4. The van der Waals surface area contributed by atoms with E-state index in [0.717, 1.165) is 73.9 Å². The summed E-state index contributed by atoms with van der Waals surface area (Å²) in [6.45, 7) is 34.2. The first kappa shape index (κ1) is 51.4. The van der Waals surface area contributed by atoms with Gasteiger partial charge < -0.3 is 22.8 Å². The van der Waals surface area contributed by atoms with Crippen molar-refractivity contribution in [2.75, 3.05) is 7.11 Å². The Labute approximate surface area is 358 Å². The van der Waals surface area contributed by atoms with E-state index in [9.17, 15) is 4.79 Å². The summed E-state index contributed by atoms with van der Waals surface area (Å²) in [6.07, 6.45) is 13.1. The second-order valence-corrected chi connectivity index (χ2v) is 33.9. The SMILES string of the molecule is CC[Si](CC)(CC)O[C@H]([C@H](C)[C@H](O[Si](CC)(CC)CC)[C@H](C)[C@H]1O[C@H]([C@H](C)C(=O)OC)CC[C@@H]1C)[C@@H](C)[C@@H](CCB1C2CCCC1CCC2)O[Si](CC)(CC)CC. The quantitative estimate of drug-likeness (QED) is 0.0638. The molecule has 3 saturated heterocycles. The van der Waals surface area contributed by atoms with Crippen LogP contribution in [0.5, 0.6) is 0 Å². The fraction of sp³-hybridized carbons (Fsp3) is 0.979. The van der Waals surface area contributed by atoms with Crippen LogP contribution in [0.3, 0.4) is 0 Å². The van der Waals surface area contributed by atoms with E-state index in [1.54, 1.807) is 0 Å². The third-order valence-electron chi connectivity index (χ3n) is 17.4. The van der Waals surface area contributed by atoms with Crippen LogP contribution in [0.1, 0.15) is 155 Å². The molecule has 10 atom stereocenters. The van der Waals surface area contributed by atoms with Crippen molar-refractivity contribution < 1.29 is 27.5 Å². The van der Waals surface area contributed by atoms with Gasteiger partial charge in [0, 0.05) is 23.9 Å². The second-order valence-electron chi connectivity index (χ2n) is 19.8. The molecule has 0 aliphatic carbocycles. The molecule has 3 fully saturated rings. The van der Waals surface area contributed by atoms with Crippen molar-refractivity contribution >= 4 is 37.6 Å². The highest BCUT2D eigenvalue weighted by Gasteiger charge is 2.49. The van der Waals surface area contributed by atoms with Gasteiger partial charge in [-0.2, -0.15) is 0 Å². The van der Waals surface area contributed by atoms with Gasteiger partial charge in [-0.1, -0.05) is 146 Å². The van der Waals surface area contributed by atoms with E-state index in [0.29, 0.717) is 5.92 Å². The van der Waals surface area contributed by atoms with Gasteiger partial charge >= 0.3 is 5.97 Å². The zero-order valence-electron chi connectivity index (χ0n) is 40.4. The Balaban J connectivity index is 2.16. The van der Waals surface area contributed by atoms with Crippen LogP contribution >= 0.6 is 0 Å². The summed E-state index contributed by atoms with van der Waals surface area (Å²) in [5.74, 6) is 2.33. The van der Waals surface area contributed by atoms with Crippen molar-refractivity contribution in [1.29, 1.82) is 0 Å². The van der Waals surface area contributed by atoms with Crippen LogP contribution in [-0.2, 0) is 27.5 Å². The van der Waals surface area contributed by atoms with Crippen LogP contribution in [0, 0.1) is 29.6 Å². The molecule has 0 aromatic heterocycles. The molecular formula is C47H95BO6Si3. The lowest BCUT2D eigenvalue weighted by Gasteiger charge is -2.50. The molecule has 3 heterocycles. The topological polar surface area (TPSA) is 63.2 Å². The lowest BCUT2D eigenvalue weighted by atomic mass is 9.25. The van der Waals surface area contributed by atoms with Crippen molar-refractivity contribution in [1.82, 2.24) is 0 Å². The maximum absolute atomic E-state index is 12.8. The monoisotopic (exact) mass is 851 g/mol. The van der Waals surface area contributed by atoms with Crippen LogP contribution in [0.15, 0.2) is 0 Å². The fourth-order valence-electron chi connectivity index (χ4n) is 12.3. The number of ether oxygens (including phenoxy) is 2. The molecule has 0 aromatic rings. The summed E-state index contributed by atoms with van der Waals surface area (Å²) >= 11 is 0. The highest BCUT2D eigenvalue weighted by Crippen LogP contribution is 2.49. The molecule has 0 radical (unpaired) electrons. The molecular weight excluding hydrogens is 756 g/mol. The highest BCUT2D eigenvalue weighted by molar-refractivity contribution is 6.74. The van der Waals surface area contributed by atoms with Crippen LogP contribution in [-0.4, -0.2) is 75.3 Å². The van der Waals surface area contributed by atoms with E-state index < -0.39 is 25.0 Å². The minimum atomic E-state index is -2.05. The molecule has 0 spiro atoms. The molecule has 10 heteroatoms. The van der Waals surface area contributed by atoms with Crippen LogP contribution in [0.4, 0.5) is 0 Å². The molecule has 6 nitrogen and oxygen atoms in total. The molecule has 3 aliphatic heterocycles. The second kappa shape index (κ2) is 24.0. The summed E-state index contributed by atoms with van der Waals surface area (Å²) in [5.41, 5.74) is 0. The Hall–Kier alpha value is 0.0256. The Morgan fingerprint density at radius 3 is 1.51 bits per heavy atom. The molecule has 334 valence electrons. The first-order valence-corrected chi connectivity index (χ1v) is 32.5. The molecule has 0 amide bonds. The first-order valence-electron chi connectivity index (χ1n) is 24.9. The number of rotatable bonds is 26. The van der Waals surface area contributed by atoms with E-state index in [1.807, 2.05) is 6.92 Å². The largest absolute Gasteiger partial charge is 0.469 e. The average Bonchev–Trinajstić information content (AvgIpc) is 3.24. The molecule has 2 bridgehead atoms. The van der Waals surface area contributed by atoms with Crippen LogP contribution in [0.25, 0.3) is 0 Å². The van der Waals surface area contributed by atoms with E-state index in [4.69, 9.17) is 22.8 Å². The van der Waals surface area contributed by atoms with Gasteiger partial charge in [-0.15, -0.1) is 0 Å². The predicted octanol–water partition coefficient (Wildman–Crippen LogP) is 14.1. The summed E-state index contributed by atoms with van der Waals surface area (Å²) < 4.78 is 35.9. The summed E-state index contributed by atoms with van der Waals surface area (Å²) in [5, 5.41) is 0. The normalized spacial score (nSPS) is 27.3. The van der Waals surface area contributed by atoms with Gasteiger partial charge in [0.25, 0.3) is 0 Å². The van der Waals surface area contributed by atoms with Crippen molar-refractivity contribution in [3.05, 3.63) is 0 Å². The molecule has 0 unspecified atom stereocenters. The maximum atomic E-state index is 12.8. The van der Waals surface area contributed by atoms with Crippen LogP contribution in [0.2, 0.25) is 72.4 Å². The third-order valence-corrected chi connectivity index (χ3v) is 31.3. The first-order chi connectivity index (χ1) is 27.2. The third kappa shape index (κ3) is 12.6. The molecule has 0 N–H and O–H groups in total. The van der Waals surface area contributed by atoms with E-state index in [2.05, 4.69) is 90.0 Å². The van der Waals surface area contributed by atoms with Crippen molar-refractivity contribution in [3.8, 4) is 0 Å². The Bertz CT molecular complexity index is 1100. The fourth-order valence-corrected chi connectivity index (χ4v) is 21.3. The van der Waals surface area contributed by atoms with E-state index in [-0.39, 0.29) is 60.2 Å². The predicted molar refractivity (Wildman–Crippen MR) is 252 cm³/mol. The summed E-state index contributed by atoms with van der Waals surface area (Å²) in [7, 11) is -4.51. The molecule has 57 heavy (non-hydrogen) atoms. The van der Waals surface area contributed by atoms with Gasteiger partial charge in [-0.05, 0) is 86.5 Å². The van der Waals surface area contributed by atoms with Crippen molar-refractivity contribution in [2.24, 2.45) is 29.6 Å². The smallest absolute Gasteiger partial charge is 0.311 e. The molecule has 3 aliphatic rings. The number of hydrogen-bond donors (Lipinski definition) is 0. The standard InChI is InChI=1S/C47H95BO6Si3/c1-16-55(17-2,18-3)52-43(33-34-48-40-27-25-28-41(48)30-26-29-40)36(11)45(53-56(19-4,20-5)21-6)39(14)46(54-57(22-7,23-8)24-9)38(13)44-35(10)31-32-42(51-44)37(12)47(49)50-15/h35-46H,16-34H2,1-15H3/t35-,36-,37-,38+,39-,40?,41?,42-,43+,44-,45-,46+/m0/s1. The van der Waals surface area contributed by atoms with Crippen molar-refractivity contribution in [2.45, 2.75) is 258 Å². The summed E-state index contributed by atoms with van der Waals surface area (Å²) in [6, 6.07) is 10.3. The van der Waals surface area contributed by atoms with Gasteiger partial charge in [-0.3, -0.25) is 4.79 Å². The molecule has 0 saturated carbocycles. The minimum Gasteiger partial charge on any atom is -0.469 e. The lowest BCUT2D eigenvalue weighted by Crippen LogP contribution is -2.56. The number of hydrogen-bond acceptors (Lipinski definition) is 6. The average molecular weight is 851 g/mol. The number of carbonyl (C=O) groups excluding carboxylic acids is 1. The summed E-state index contributed by atoms with van der Waals surface area (Å²) in [4.78, 5) is 12.8. The number of esters is 1. The zero-order chi connectivity index (χ0) is 42.6. The van der Waals surface area contributed by atoms with Crippen LogP contribution < -0.4 is 0 Å². The van der Waals surface area contributed by atoms with Gasteiger partial charge in [0.2, 0.25) is 0 Å². The van der Waals surface area contributed by atoms with Gasteiger partial charge in [-0.25, -0.2) is 0 Å². The van der Waals surface area contributed by atoms with Gasteiger partial charge in [0.15, 0.2) is 25.0 Å². The zero-order valence-corrected chi connectivity index (χ0v) is 43.4. The van der Waals surface area contributed by atoms with Gasteiger partial charge in [0.1, 0.15) is 6.71 Å². The Morgan fingerprint density at radius 1 is 0.632 bits per heavy atom. The Morgan fingerprint density at radius 2 is 1.07 bits per heavy atom. The van der Waals surface area contributed by atoms with Crippen molar-refractivity contribution in [3.63, 3.8) is 0 Å². The lowest BCUT2D eigenvalue weighted by molar-refractivity contribution is -0.169. The maximum Gasteiger partial charge on any atom is 0.311 e. The molecule has 0 aromatic carbocycles. The van der Waals surface area contributed by atoms with E-state index in [1.165, 1.54) is 70.1 Å². The minimum absolute atomic E-state index is 0.000137. The number of fused-ring (bicyclic) bond motifs is 2.